The van der Waals surface area contributed by atoms with E-state index in [9.17, 15) is 9.59 Å². The maximum absolute atomic E-state index is 12.3. The minimum atomic E-state index is -0.509. The summed E-state index contributed by atoms with van der Waals surface area (Å²) in [6.45, 7) is 4.35. The molecule has 0 aliphatic rings. The molecule has 0 heterocycles. The quantitative estimate of drug-likeness (QED) is 0.156. The van der Waals surface area contributed by atoms with Crippen LogP contribution >= 0.6 is 15.9 Å². The first-order valence-corrected chi connectivity index (χ1v) is 12.3. The third-order valence-corrected chi connectivity index (χ3v) is 6.26. The van der Waals surface area contributed by atoms with Crippen LogP contribution in [0.5, 0.6) is 5.75 Å². The first-order chi connectivity index (χ1) is 17.4. The second-order valence-electron chi connectivity index (χ2n) is 8.43. The topological polar surface area (TPSA) is 79.8 Å². The minimum Gasteiger partial charge on any atom is -0.488 e. The van der Waals surface area contributed by atoms with Crippen LogP contribution in [0.2, 0.25) is 0 Å². The van der Waals surface area contributed by atoms with E-state index in [0.29, 0.717) is 18.0 Å². The van der Waals surface area contributed by atoms with Gasteiger partial charge >= 0.3 is 0 Å². The molecule has 182 valence electrons. The summed E-state index contributed by atoms with van der Waals surface area (Å²) in [5, 5.41) is 8.82. The standard InChI is InChI=1S/C29H26BrN3O3/c1-19-7-13-24(15-20(19)2)32-28(34)16-29(35)33-31-17-26-25-6-4-3-5-22(25)10-14-27(26)36-18-21-8-11-23(30)12-9-21/h3-15,17H,16,18H2,1-2H3,(H,32,34)(H,33,35). The fraction of sp³-hybridized carbons (Fsp3) is 0.138. The molecule has 6 nitrogen and oxygen atoms in total. The number of carbonyl (C=O) groups excluding carboxylic acids is 2. The molecule has 0 aliphatic heterocycles. The van der Waals surface area contributed by atoms with Gasteiger partial charge in [-0.2, -0.15) is 5.10 Å². The molecule has 0 unspecified atom stereocenters. The van der Waals surface area contributed by atoms with Gasteiger partial charge in [-0.3, -0.25) is 9.59 Å². The lowest BCUT2D eigenvalue weighted by Crippen LogP contribution is -2.24. The Morgan fingerprint density at radius 2 is 1.69 bits per heavy atom. The van der Waals surface area contributed by atoms with Gasteiger partial charge in [0.15, 0.2) is 0 Å². The number of hydrazone groups is 1. The zero-order valence-corrected chi connectivity index (χ0v) is 21.6. The van der Waals surface area contributed by atoms with Crippen LogP contribution in [0.3, 0.4) is 0 Å². The summed E-state index contributed by atoms with van der Waals surface area (Å²) in [5.41, 5.74) is 7.07. The summed E-state index contributed by atoms with van der Waals surface area (Å²) in [6, 6.07) is 25.3. The van der Waals surface area contributed by atoms with Gasteiger partial charge in [-0.1, -0.05) is 64.5 Å². The molecule has 4 aromatic rings. The predicted octanol–water partition coefficient (Wildman–Crippen LogP) is 6.28. The minimum absolute atomic E-state index is 0.341. The van der Waals surface area contributed by atoms with Crippen molar-refractivity contribution in [3.05, 3.63) is 106 Å². The second kappa shape index (κ2) is 11.6. The van der Waals surface area contributed by atoms with Crippen molar-refractivity contribution in [2.45, 2.75) is 26.9 Å². The van der Waals surface area contributed by atoms with Crippen molar-refractivity contribution in [1.82, 2.24) is 5.43 Å². The fourth-order valence-corrected chi connectivity index (χ4v) is 3.92. The molecule has 0 atom stereocenters. The van der Waals surface area contributed by atoms with Gasteiger partial charge in [0.05, 0.1) is 6.21 Å². The Bertz CT molecular complexity index is 1430. The number of anilines is 1. The molecule has 0 aliphatic carbocycles. The van der Waals surface area contributed by atoms with Crippen molar-refractivity contribution in [2.24, 2.45) is 5.10 Å². The summed E-state index contributed by atoms with van der Waals surface area (Å²) in [7, 11) is 0. The Morgan fingerprint density at radius 3 is 2.47 bits per heavy atom. The average molecular weight is 544 g/mol. The monoisotopic (exact) mass is 543 g/mol. The van der Waals surface area contributed by atoms with E-state index < -0.39 is 11.8 Å². The van der Waals surface area contributed by atoms with Gasteiger partial charge in [-0.05, 0) is 71.6 Å². The Morgan fingerprint density at radius 1 is 0.917 bits per heavy atom. The van der Waals surface area contributed by atoms with Crippen LogP contribution in [0.4, 0.5) is 5.69 Å². The zero-order valence-electron chi connectivity index (χ0n) is 20.0. The highest BCUT2D eigenvalue weighted by atomic mass is 79.9. The van der Waals surface area contributed by atoms with E-state index in [2.05, 4.69) is 31.8 Å². The smallest absolute Gasteiger partial charge is 0.249 e. The average Bonchev–Trinajstić information content (AvgIpc) is 2.86. The number of ether oxygens (including phenoxy) is 1. The number of hydrogen-bond donors (Lipinski definition) is 2. The van der Waals surface area contributed by atoms with Crippen LogP contribution in [-0.2, 0) is 16.2 Å². The Hall–Kier alpha value is -3.97. The van der Waals surface area contributed by atoms with Crippen molar-refractivity contribution in [3.8, 4) is 5.75 Å². The van der Waals surface area contributed by atoms with Gasteiger partial charge in [-0.25, -0.2) is 5.43 Å². The largest absolute Gasteiger partial charge is 0.488 e. The molecule has 36 heavy (non-hydrogen) atoms. The molecule has 0 saturated carbocycles. The van der Waals surface area contributed by atoms with Gasteiger partial charge < -0.3 is 10.1 Å². The highest BCUT2D eigenvalue weighted by molar-refractivity contribution is 9.10. The van der Waals surface area contributed by atoms with E-state index in [1.54, 1.807) is 6.21 Å². The second-order valence-corrected chi connectivity index (χ2v) is 9.35. The molecule has 0 saturated heterocycles. The Labute approximate surface area is 218 Å². The SMILES string of the molecule is Cc1ccc(NC(=O)CC(=O)NN=Cc2c(OCc3ccc(Br)cc3)ccc3ccccc23)cc1C. The van der Waals surface area contributed by atoms with Crippen LogP contribution < -0.4 is 15.5 Å². The summed E-state index contributed by atoms with van der Waals surface area (Å²) < 4.78 is 7.10. The number of nitrogens with one attached hydrogen (secondary N) is 2. The number of halogens is 1. The van der Waals surface area contributed by atoms with Crippen molar-refractivity contribution < 1.29 is 14.3 Å². The maximum atomic E-state index is 12.3. The maximum Gasteiger partial charge on any atom is 0.249 e. The normalized spacial score (nSPS) is 11.0. The number of hydrogen-bond acceptors (Lipinski definition) is 4. The van der Waals surface area contributed by atoms with Gasteiger partial charge in [0.1, 0.15) is 18.8 Å². The number of aryl methyl sites for hydroxylation is 2. The highest BCUT2D eigenvalue weighted by Crippen LogP contribution is 2.27. The molecular weight excluding hydrogens is 518 g/mol. The van der Waals surface area contributed by atoms with Crippen LogP contribution in [0, 0.1) is 13.8 Å². The van der Waals surface area contributed by atoms with Crippen molar-refractivity contribution >= 4 is 50.4 Å². The predicted molar refractivity (Wildman–Crippen MR) is 147 cm³/mol. The number of nitrogens with zero attached hydrogens (tertiary/aromatic N) is 1. The molecule has 0 bridgehead atoms. The lowest BCUT2D eigenvalue weighted by atomic mass is 10.0. The van der Waals surface area contributed by atoms with Crippen LogP contribution in [0.15, 0.2) is 88.4 Å². The fourth-order valence-electron chi connectivity index (χ4n) is 3.65. The molecule has 0 fully saturated rings. The number of fused-ring (bicyclic) bond motifs is 1. The third-order valence-electron chi connectivity index (χ3n) is 5.73. The van der Waals surface area contributed by atoms with E-state index in [0.717, 1.165) is 37.5 Å². The van der Waals surface area contributed by atoms with Gasteiger partial charge in [0.2, 0.25) is 11.8 Å². The molecular formula is C29H26BrN3O3. The molecule has 0 spiro atoms. The molecule has 7 heteroatoms. The van der Waals surface area contributed by atoms with Crippen molar-refractivity contribution in [2.75, 3.05) is 5.32 Å². The molecule has 4 rings (SSSR count). The summed E-state index contributed by atoms with van der Waals surface area (Å²) in [6.07, 6.45) is 1.21. The van der Waals surface area contributed by atoms with Crippen molar-refractivity contribution in [3.63, 3.8) is 0 Å². The lowest BCUT2D eigenvalue weighted by molar-refractivity contribution is -0.126. The number of carbonyl (C=O) groups is 2. The van der Waals surface area contributed by atoms with E-state index in [1.165, 1.54) is 0 Å². The highest BCUT2D eigenvalue weighted by Gasteiger charge is 2.11. The first kappa shape index (κ1) is 25.1. The van der Waals surface area contributed by atoms with Crippen LogP contribution in [0.25, 0.3) is 10.8 Å². The van der Waals surface area contributed by atoms with Gasteiger partial charge in [-0.15, -0.1) is 0 Å². The third kappa shape index (κ3) is 6.58. The number of rotatable bonds is 8. The molecule has 0 aromatic heterocycles. The summed E-state index contributed by atoms with van der Waals surface area (Å²) >= 11 is 3.44. The molecule has 4 aromatic carbocycles. The number of amides is 2. The summed E-state index contributed by atoms with van der Waals surface area (Å²) in [4.78, 5) is 24.6. The molecule has 0 radical (unpaired) electrons. The Kier molecular flexibility index (Phi) is 8.13. The molecule has 2 N–H and O–H groups in total. The van der Waals surface area contributed by atoms with E-state index in [-0.39, 0.29) is 6.42 Å². The Balaban J connectivity index is 1.43. The van der Waals surface area contributed by atoms with Crippen molar-refractivity contribution in [1.29, 1.82) is 0 Å². The summed E-state index contributed by atoms with van der Waals surface area (Å²) in [5.74, 6) is -0.276. The molecule has 2 amide bonds. The van der Waals surface area contributed by atoms with Gasteiger partial charge in [0, 0.05) is 15.7 Å². The number of benzene rings is 4. The van der Waals surface area contributed by atoms with Crippen LogP contribution in [0.1, 0.15) is 28.7 Å². The first-order valence-electron chi connectivity index (χ1n) is 11.5. The van der Waals surface area contributed by atoms with E-state index in [1.807, 2.05) is 92.7 Å². The lowest BCUT2D eigenvalue weighted by Gasteiger charge is -2.12. The van der Waals surface area contributed by atoms with E-state index in [4.69, 9.17) is 4.74 Å². The van der Waals surface area contributed by atoms with E-state index >= 15 is 0 Å². The van der Waals surface area contributed by atoms with Gasteiger partial charge in [0.25, 0.3) is 0 Å². The van der Waals surface area contributed by atoms with Crippen LogP contribution in [-0.4, -0.2) is 18.0 Å². The zero-order chi connectivity index (χ0) is 25.5.